The molecule has 0 fully saturated rings. The third-order valence-corrected chi connectivity index (χ3v) is 6.62. The minimum absolute atomic E-state index is 0.0917. The number of rotatable bonds is 6. The summed E-state index contributed by atoms with van der Waals surface area (Å²) in [6.07, 6.45) is 0.582. The van der Waals surface area contributed by atoms with Crippen LogP contribution in [0, 0.1) is 0 Å². The molecule has 0 aliphatic carbocycles. The van der Waals surface area contributed by atoms with Crippen molar-refractivity contribution < 1.29 is 5.11 Å². The Morgan fingerprint density at radius 2 is 1.14 bits per heavy atom. The van der Waals surface area contributed by atoms with Gasteiger partial charge in [-0.15, -0.1) is 15.3 Å². The highest BCUT2D eigenvalue weighted by Gasteiger charge is 2.29. The van der Waals surface area contributed by atoms with Gasteiger partial charge in [0.05, 0.1) is 22.7 Å². The highest BCUT2D eigenvalue weighted by atomic mass is 16.3. The highest BCUT2D eigenvalue weighted by molar-refractivity contribution is 6.09. The van der Waals surface area contributed by atoms with Crippen molar-refractivity contribution in [2.24, 2.45) is 20.5 Å². The van der Waals surface area contributed by atoms with Gasteiger partial charge in [-0.2, -0.15) is 5.11 Å². The summed E-state index contributed by atoms with van der Waals surface area (Å²) in [5, 5.41) is 38.7. The van der Waals surface area contributed by atoms with Crippen LogP contribution in [0.3, 0.4) is 0 Å². The van der Waals surface area contributed by atoms with Crippen LogP contribution in [-0.2, 0) is 0 Å². The van der Waals surface area contributed by atoms with Crippen molar-refractivity contribution in [2.75, 3.05) is 17.2 Å². The number of aliphatic hydroxyl groups is 1. The number of hydrogen-bond donors (Lipinski definition) is 3. The zero-order valence-electron chi connectivity index (χ0n) is 20.4. The maximum absolute atomic E-state index is 9.50. The number of aliphatic hydroxyl groups excluding tert-OH is 1. The molecular formula is C30H26N6O. The Morgan fingerprint density at radius 3 is 1.81 bits per heavy atom. The molecule has 0 aromatic heterocycles. The first-order chi connectivity index (χ1) is 18.1. The van der Waals surface area contributed by atoms with Gasteiger partial charge in [-0.05, 0) is 49.4 Å². The van der Waals surface area contributed by atoms with Crippen molar-refractivity contribution in [2.45, 2.75) is 19.0 Å². The van der Waals surface area contributed by atoms with Crippen LogP contribution in [0.1, 0.15) is 13.3 Å². The van der Waals surface area contributed by atoms with Gasteiger partial charge >= 0.3 is 0 Å². The molecule has 1 atom stereocenters. The number of benzene rings is 5. The van der Waals surface area contributed by atoms with Crippen LogP contribution in [-0.4, -0.2) is 17.4 Å². The van der Waals surface area contributed by atoms with Crippen molar-refractivity contribution in [1.82, 2.24) is 0 Å². The van der Waals surface area contributed by atoms with Crippen LogP contribution >= 0.6 is 0 Å². The summed E-state index contributed by atoms with van der Waals surface area (Å²) in [7, 11) is 0. The molecule has 182 valence electrons. The molecule has 0 amide bonds. The van der Waals surface area contributed by atoms with E-state index < -0.39 is 5.66 Å². The van der Waals surface area contributed by atoms with E-state index in [0.29, 0.717) is 6.42 Å². The topological polar surface area (TPSA) is 93.7 Å². The Balaban J connectivity index is 1.36. The molecule has 0 radical (unpaired) electrons. The normalized spacial score (nSPS) is 16.9. The lowest BCUT2D eigenvalue weighted by Crippen LogP contribution is -2.45. The molecule has 6 rings (SSSR count). The molecule has 0 saturated carbocycles. The highest BCUT2D eigenvalue weighted by Crippen LogP contribution is 2.43. The van der Waals surface area contributed by atoms with Crippen molar-refractivity contribution in [3.8, 4) is 0 Å². The van der Waals surface area contributed by atoms with Crippen LogP contribution in [0.2, 0.25) is 0 Å². The summed E-state index contributed by atoms with van der Waals surface area (Å²) in [6.45, 7) is 2.14. The summed E-state index contributed by atoms with van der Waals surface area (Å²) in [5.41, 5.74) is 4.74. The van der Waals surface area contributed by atoms with Crippen LogP contribution in [0.15, 0.2) is 118 Å². The predicted octanol–water partition coefficient (Wildman–Crippen LogP) is 8.76. The average Bonchev–Trinajstić information content (AvgIpc) is 2.92. The SMILES string of the molecule is CC1(CCO)Nc2cccc3c(N=Nc4ccc(N=Nc5ccccc5)c5ccccc45)ccc(c23)N1. The molecule has 1 aliphatic rings. The van der Waals surface area contributed by atoms with E-state index in [1.54, 1.807) is 0 Å². The number of nitrogens with one attached hydrogen (secondary N) is 2. The molecule has 5 aromatic rings. The van der Waals surface area contributed by atoms with Gasteiger partial charge in [0.2, 0.25) is 0 Å². The largest absolute Gasteiger partial charge is 0.396 e. The molecule has 0 bridgehead atoms. The van der Waals surface area contributed by atoms with E-state index >= 15 is 0 Å². The first-order valence-corrected chi connectivity index (χ1v) is 12.3. The maximum atomic E-state index is 9.50. The summed E-state index contributed by atoms with van der Waals surface area (Å²) in [4.78, 5) is 0. The summed E-state index contributed by atoms with van der Waals surface area (Å²) in [6, 6.07) is 31.7. The molecule has 7 nitrogen and oxygen atoms in total. The van der Waals surface area contributed by atoms with Gasteiger partial charge in [0.1, 0.15) is 5.66 Å². The van der Waals surface area contributed by atoms with Crippen molar-refractivity contribution >= 4 is 55.7 Å². The van der Waals surface area contributed by atoms with Crippen LogP contribution in [0.4, 0.5) is 34.1 Å². The van der Waals surface area contributed by atoms with E-state index in [0.717, 1.165) is 55.7 Å². The Labute approximate surface area is 214 Å². The lowest BCUT2D eigenvalue weighted by molar-refractivity contribution is 0.263. The second-order valence-corrected chi connectivity index (χ2v) is 9.30. The summed E-state index contributed by atoms with van der Waals surface area (Å²) >= 11 is 0. The lowest BCUT2D eigenvalue weighted by Gasteiger charge is -2.38. The predicted molar refractivity (Wildman–Crippen MR) is 150 cm³/mol. The molecule has 1 unspecified atom stereocenters. The van der Waals surface area contributed by atoms with Gasteiger partial charge in [-0.1, -0.05) is 54.6 Å². The van der Waals surface area contributed by atoms with Gasteiger partial charge in [-0.3, -0.25) is 0 Å². The number of hydrogen-bond acceptors (Lipinski definition) is 7. The van der Waals surface area contributed by atoms with Gasteiger partial charge in [-0.25, -0.2) is 0 Å². The Kier molecular flexibility index (Phi) is 5.82. The lowest BCUT2D eigenvalue weighted by atomic mass is 9.97. The molecule has 1 heterocycles. The van der Waals surface area contributed by atoms with Gasteiger partial charge in [0, 0.05) is 45.9 Å². The van der Waals surface area contributed by atoms with Gasteiger partial charge in [0.25, 0.3) is 0 Å². The molecule has 0 spiro atoms. The summed E-state index contributed by atoms with van der Waals surface area (Å²) < 4.78 is 0. The minimum Gasteiger partial charge on any atom is -0.396 e. The number of anilines is 2. The Hall–Kier alpha value is -4.62. The first-order valence-electron chi connectivity index (χ1n) is 12.3. The second kappa shape index (κ2) is 9.44. The fourth-order valence-corrected chi connectivity index (χ4v) is 4.82. The third kappa shape index (κ3) is 4.41. The van der Waals surface area contributed by atoms with Crippen LogP contribution < -0.4 is 10.6 Å². The fourth-order valence-electron chi connectivity index (χ4n) is 4.82. The minimum atomic E-state index is -0.419. The van der Waals surface area contributed by atoms with Crippen molar-refractivity contribution in [3.63, 3.8) is 0 Å². The fraction of sp³-hybridized carbons (Fsp3) is 0.133. The van der Waals surface area contributed by atoms with Crippen LogP contribution in [0.5, 0.6) is 0 Å². The Bertz CT molecular complexity index is 1650. The first kappa shape index (κ1) is 22.8. The molecule has 1 aliphatic heterocycles. The molecule has 37 heavy (non-hydrogen) atoms. The molecule has 3 N–H and O–H groups in total. The standard InChI is InChI=1S/C30H26N6O/c1-30(18-19-37)31-27-13-7-12-23-26(16-17-28(32-30)29(23)27)36-35-25-15-14-24(21-10-5-6-11-22(21)25)34-33-20-8-3-2-4-9-20/h2-17,31-32,37H,18-19H2,1H3. The number of nitrogens with zero attached hydrogens (tertiary/aromatic N) is 4. The van der Waals surface area contributed by atoms with E-state index in [9.17, 15) is 5.11 Å². The smallest absolute Gasteiger partial charge is 0.107 e. The zero-order valence-corrected chi connectivity index (χ0v) is 20.4. The average molecular weight is 487 g/mol. The van der Waals surface area contributed by atoms with E-state index in [1.165, 1.54) is 0 Å². The second-order valence-electron chi connectivity index (χ2n) is 9.30. The van der Waals surface area contributed by atoms with Gasteiger partial charge in [0.15, 0.2) is 0 Å². The number of azo groups is 2. The zero-order chi connectivity index (χ0) is 25.2. The molecular weight excluding hydrogens is 460 g/mol. The van der Waals surface area contributed by atoms with E-state index in [2.05, 4.69) is 43.2 Å². The molecule has 5 aromatic carbocycles. The monoisotopic (exact) mass is 486 g/mol. The van der Waals surface area contributed by atoms with Crippen molar-refractivity contribution in [3.05, 3.63) is 97.1 Å². The van der Waals surface area contributed by atoms with Crippen molar-refractivity contribution in [1.29, 1.82) is 0 Å². The summed E-state index contributed by atoms with van der Waals surface area (Å²) in [5.74, 6) is 0. The molecule has 0 saturated heterocycles. The van der Waals surface area contributed by atoms with E-state index in [1.807, 2.05) is 91.9 Å². The van der Waals surface area contributed by atoms with Crippen LogP contribution in [0.25, 0.3) is 21.5 Å². The molecule has 7 heteroatoms. The quantitative estimate of drug-likeness (QED) is 0.209. The number of fused-ring (bicyclic) bond motifs is 1. The maximum Gasteiger partial charge on any atom is 0.107 e. The van der Waals surface area contributed by atoms with Gasteiger partial charge < -0.3 is 15.7 Å². The van der Waals surface area contributed by atoms with E-state index in [4.69, 9.17) is 0 Å². The third-order valence-electron chi connectivity index (χ3n) is 6.62. The van der Waals surface area contributed by atoms with E-state index in [-0.39, 0.29) is 6.61 Å². The Morgan fingerprint density at radius 1 is 0.595 bits per heavy atom.